The molecular formula is C19H21N3O4S. The summed E-state index contributed by atoms with van der Waals surface area (Å²) >= 11 is 1.55. The van der Waals surface area contributed by atoms with Crippen LogP contribution in [0.15, 0.2) is 22.1 Å². The molecule has 142 valence electrons. The molecule has 1 aliphatic heterocycles. The molecule has 27 heavy (non-hydrogen) atoms. The predicted octanol–water partition coefficient (Wildman–Crippen LogP) is 2.41. The predicted molar refractivity (Wildman–Crippen MR) is 102 cm³/mol. The molecule has 4 N–H and O–H groups in total. The van der Waals surface area contributed by atoms with Crippen LogP contribution in [0.3, 0.4) is 0 Å². The number of benzene rings is 1. The van der Waals surface area contributed by atoms with Gasteiger partial charge in [-0.25, -0.2) is 4.98 Å². The van der Waals surface area contributed by atoms with Gasteiger partial charge in [0, 0.05) is 17.5 Å². The maximum atomic E-state index is 12.1. The number of aryl methyl sites for hydroxylation is 2. The van der Waals surface area contributed by atoms with Gasteiger partial charge in [-0.05, 0) is 26.0 Å². The van der Waals surface area contributed by atoms with Crippen LogP contribution in [0.25, 0.3) is 11.0 Å². The minimum atomic E-state index is -0.532. The number of primary amides is 1. The number of carbonyl (C=O) groups excluding carboxylic acids is 1. The number of ether oxygens (including phenoxy) is 2. The Morgan fingerprint density at radius 2 is 2.15 bits per heavy atom. The molecule has 0 unspecified atom stereocenters. The van der Waals surface area contributed by atoms with Crippen molar-refractivity contribution in [2.75, 3.05) is 19.8 Å². The summed E-state index contributed by atoms with van der Waals surface area (Å²) in [5, 5.41) is 0.673. The molecule has 0 radical (unpaired) electrons. The van der Waals surface area contributed by atoms with Gasteiger partial charge in [0.2, 0.25) is 0 Å². The van der Waals surface area contributed by atoms with Crippen molar-refractivity contribution in [3.05, 3.63) is 45.1 Å². The van der Waals surface area contributed by atoms with Crippen molar-refractivity contribution in [3.8, 4) is 5.75 Å². The molecule has 8 heteroatoms. The largest absolute Gasteiger partial charge is 0.488 e. The van der Waals surface area contributed by atoms with E-state index >= 15 is 0 Å². The number of hydrogen-bond donors (Lipinski definition) is 2. The molecule has 2 aromatic heterocycles. The first-order valence-electron chi connectivity index (χ1n) is 8.63. The number of nitrogens with zero attached hydrogens (tertiary/aromatic N) is 1. The normalized spacial score (nSPS) is 15.7. The lowest BCUT2D eigenvalue weighted by molar-refractivity contribution is -0.0554. The number of amides is 1. The third-order valence-electron chi connectivity index (χ3n) is 5.12. The second-order valence-electron chi connectivity index (χ2n) is 6.84. The Morgan fingerprint density at radius 1 is 1.37 bits per heavy atom. The van der Waals surface area contributed by atoms with Gasteiger partial charge in [0.1, 0.15) is 23.7 Å². The van der Waals surface area contributed by atoms with Crippen molar-refractivity contribution in [1.29, 1.82) is 0 Å². The lowest BCUT2D eigenvalue weighted by atomic mass is 9.76. The van der Waals surface area contributed by atoms with E-state index in [0.717, 1.165) is 16.1 Å². The number of thiazole rings is 1. The molecule has 1 amide bonds. The Bertz CT molecular complexity index is 1010. The Kier molecular flexibility index (Phi) is 4.41. The van der Waals surface area contributed by atoms with E-state index in [1.807, 2.05) is 13.0 Å². The maximum absolute atomic E-state index is 12.1. The summed E-state index contributed by atoms with van der Waals surface area (Å²) in [6, 6.07) is 3.66. The van der Waals surface area contributed by atoms with E-state index in [2.05, 4.69) is 4.98 Å². The van der Waals surface area contributed by atoms with E-state index in [4.69, 9.17) is 25.4 Å². The molecule has 0 atom stereocenters. The summed E-state index contributed by atoms with van der Waals surface area (Å²) in [7, 11) is 0. The SMILES string of the molecule is Cc1ncsc1COc1ccc2oc(C)c(C(N)=O)c2c1C1(CN)COC1. The van der Waals surface area contributed by atoms with Crippen molar-refractivity contribution < 1.29 is 18.7 Å². The summed E-state index contributed by atoms with van der Waals surface area (Å²) in [4.78, 5) is 17.4. The maximum Gasteiger partial charge on any atom is 0.252 e. The molecule has 4 rings (SSSR count). The van der Waals surface area contributed by atoms with Crippen LogP contribution < -0.4 is 16.2 Å². The molecule has 3 aromatic rings. The van der Waals surface area contributed by atoms with E-state index < -0.39 is 11.3 Å². The summed E-state index contributed by atoms with van der Waals surface area (Å²) in [6.07, 6.45) is 0. The average molecular weight is 387 g/mol. The number of hydrogen-bond acceptors (Lipinski definition) is 7. The molecule has 0 spiro atoms. The van der Waals surface area contributed by atoms with Crippen molar-refractivity contribution >= 4 is 28.2 Å². The number of aromatic nitrogens is 1. The van der Waals surface area contributed by atoms with Crippen LogP contribution in [-0.4, -0.2) is 30.6 Å². The quantitative estimate of drug-likeness (QED) is 0.671. The van der Waals surface area contributed by atoms with Gasteiger partial charge in [-0.3, -0.25) is 4.79 Å². The molecule has 0 saturated carbocycles. The fraction of sp³-hybridized carbons (Fsp3) is 0.368. The van der Waals surface area contributed by atoms with Crippen LogP contribution in [0.1, 0.15) is 32.3 Å². The van der Waals surface area contributed by atoms with E-state index in [1.54, 1.807) is 29.8 Å². The van der Waals surface area contributed by atoms with Crippen molar-refractivity contribution in [3.63, 3.8) is 0 Å². The molecule has 7 nitrogen and oxygen atoms in total. The van der Waals surface area contributed by atoms with E-state index in [1.165, 1.54) is 0 Å². The first kappa shape index (κ1) is 18.0. The van der Waals surface area contributed by atoms with Crippen LogP contribution in [0.2, 0.25) is 0 Å². The highest BCUT2D eigenvalue weighted by molar-refractivity contribution is 7.09. The minimum absolute atomic E-state index is 0.366. The monoisotopic (exact) mass is 387 g/mol. The van der Waals surface area contributed by atoms with Gasteiger partial charge in [0.05, 0.1) is 40.3 Å². The Labute approximate surface area is 160 Å². The fourth-order valence-electron chi connectivity index (χ4n) is 3.55. The average Bonchev–Trinajstić information content (AvgIpc) is 3.15. The second-order valence-corrected chi connectivity index (χ2v) is 7.78. The molecule has 1 saturated heterocycles. The third kappa shape index (κ3) is 2.80. The van der Waals surface area contributed by atoms with Crippen LogP contribution in [0, 0.1) is 13.8 Å². The number of nitrogens with two attached hydrogens (primary N) is 2. The highest BCUT2D eigenvalue weighted by Gasteiger charge is 2.44. The second kappa shape index (κ2) is 6.63. The van der Waals surface area contributed by atoms with Gasteiger partial charge in [0.15, 0.2) is 0 Å². The Balaban J connectivity index is 1.89. The van der Waals surface area contributed by atoms with E-state index in [9.17, 15) is 4.79 Å². The first-order chi connectivity index (χ1) is 13.0. The van der Waals surface area contributed by atoms with Crippen molar-refractivity contribution in [1.82, 2.24) is 4.98 Å². The van der Waals surface area contributed by atoms with Crippen LogP contribution in [0.5, 0.6) is 5.75 Å². The number of rotatable bonds is 6. The van der Waals surface area contributed by atoms with Gasteiger partial charge in [0.25, 0.3) is 5.91 Å². The van der Waals surface area contributed by atoms with Gasteiger partial charge < -0.3 is 25.4 Å². The smallest absolute Gasteiger partial charge is 0.252 e. The summed E-state index contributed by atoms with van der Waals surface area (Å²) in [6.45, 7) is 5.36. The van der Waals surface area contributed by atoms with E-state index in [0.29, 0.717) is 54.4 Å². The molecule has 3 heterocycles. The lowest BCUT2D eigenvalue weighted by Crippen LogP contribution is -2.52. The van der Waals surface area contributed by atoms with Gasteiger partial charge in [-0.1, -0.05) is 0 Å². The van der Waals surface area contributed by atoms with Crippen LogP contribution in [-0.2, 0) is 16.8 Å². The van der Waals surface area contributed by atoms with E-state index in [-0.39, 0.29) is 0 Å². The van der Waals surface area contributed by atoms with Gasteiger partial charge in [-0.15, -0.1) is 11.3 Å². The molecule has 1 fully saturated rings. The summed E-state index contributed by atoms with van der Waals surface area (Å²) in [5.74, 6) is 0.615. The Morgan fingerprint density at radius 3 is 2.70 bits per heavy atom. The number of furan rings is 1. The zero-order valence-corrected chi connectivity index (χ0v) is 16.0. The standard InChI is InChI=1S/C19H21N3O4S/c1-10-14(27-9-22-10)5-25-13-4-3-12-16(15(18(21)23)11(2)26-12)17(13)19(6-20)7-24-8-19/h3-4,9H,5-8,20H2,1-2H3,(H2,21,23). The molecule has 0 bridgehead atoms. The van der Waals surface area contributed by atoms with Gasteiger partial charge in [-0.2, -0.15) is 0 Å². The van der Waals surface area contributed by atoms with Crippen molar-refractivity contribution in [2.45, 2.75) is 25.9 Å². The Hall–Kier alpha value is -2.42. The molecule has 1 aliphatic rings. The number of fused-ring (bicyclic) bond motifs is 1. The van der Waals surface area contributed by atoms with Crippen LogP contribution in [0.4, 0.5) is 0 Å². The number of carbonyl (C=O) groups is 1. The fourth-order valence-corrected chi connectivity index (χ4v) is 4.24. The van der Waals surface area contributed by atoms with Gasteiger partial charge >= 0.3 is 0 Å². The zero-order chi connectivity index (χ0) is 19.2. The lowest BCUT2D eigenvalue weighted by Gasteiger charge is -2.42. The molecule has 1 aromatic carbocycles. The highest BCUT2D eigenvalue weighted by Crippen LogP contribution is 2.44. The zero-order valence-electron chi connectivity index (χ0n) is 15.2. The first-order valence-corrected chi connectivity index (χ1v) is 9.51. The highest BCUT2D eigenvalue weighted by atomic mass is 32.1. The van der Waals surface area contributed by atoms with Crippen LogP contribution >= 0.6 is 11.3 Å². The topological polar surface area (TPSA) is 114 Å². The summed E-state index contributed by atoms with van der Waals surface area (Å²) < 4.78 is 17.4. The van der Waals surface area contributed by atoms with Crippen molar-refractivity contribution in [2.24, 2.45) is 11.5 Å². The minimum Gasteiger partial charge on any atom is -0.488 e. The molecule has 0 aliphatic carbocycles. The molecular weight excluding hydrogens is 366 g/mol. The summed E-state index contributed by atoms with van der Waals surface area (Å²) in [5.41, 5.74) is 15.9. The third-order valence-corrected chi connectivity index (χ3v) is 6.03.